The number of esters is 2. The number of carbonyl (C=O) groups excluding carboxylic acids is 4. The number of hydrogen-bond donors (Lipinski definition) is 0. The fraction of sp³-hybridized carbons (Fsp3) is 0.432. The Labute approximate surface area is 352 Å². The lowest BCUT2D eigenvalue weighted by molar-refractivity contribution is -0.138. The SMILES string of the molecule is CC1(C)CCCC(=O)c2nnnn21.COC(=O)C(=Cc1ccc(F)cc1)C(=O)C(C)C.COC(=O)c1c(C(C)C)nc2c(c1-c1ccc(F)cc1)CCC(C)(C)n1nnnc1-2. The van der Waals surface area contributed by atoms with Crippen molar-refractivity contribution in [2.75, 3.05) is 14.2 Å². The minimum Gasteiger partial charge on any atom is -0.465 e. The Kier molecular flexibility index (Phi) is 14.2. The summed E-state index contributed by atoms with van der Waals surface area (Å²) in [7, 11) is 2.57. The van der Waals surface area contributed by atoms with Crippen LogP contribution in [0, 0.1) is 17.6 Å². The molecular weight excluding hydrogens is 789 g/mol. The van der Waals surface area contributed by atoms with Gasteiger partial charge in [-0.3, -0.25) is 9.59 Å². The van der Waals surface area contributed by atoms with E-state index in [9.17, 15) is 28.0 Å². The molecule has 5 heterocycles. The first-order valence-electron chi connectivity index (χ1n) is 19.9. The van der Waals surface area contributed by atoms with E-state index in [1.807, 2.05) is 27.7 Å². The summed E-state index contributed by atoms with van der Waals surface area (Å²) < 4.78 is 39.6. The zero-order valence-electron chi connectivity index (χ0n) is 36.1. The number of ketones is 2. The highest BCUT2D eigenvalue weighted by atomic mass is 19.1. The molecule has 5 aromatic rings. The lowest BCUT2D eigenvalue weighted by Gasteiger charge is -2.23. The summed E-state index contributed by atoms with van der Waals surface area (Å²) in [5.74, 6) is -1.50. The number of carbonyl (C=O) groups is 4. The normalized spacial score (nSPS) is 15.1. The number of nitrogens with zero attached hydrogens (tertiary/aromatic N) is 9. The van der Waals surface area contributed by atoms with Gasteiger partial charge in [0.25, 0.3) is 0 Å². The first-order chi connectivity index (χ1) is 28.8. The molecule has 0 atom stereocenters. The van der Waals surface area contributed by atoms with Crippen LogP contribution in [-0.2, 0) is 36.6 Å². The van der Waals surface area contributed by atoms with Crippen molar-refractivity contribution in [2.45, 2.75) is 104 Å². The first-order valence-corrected chi connectivity index (χ1v) is 19.9. The van der Waals surface area contributed by atoms with Gasteiger partial charge >= 0.3 is 11.9 Å². The van der Waals surface area contributed by atoms with Crippen molar-refractivity contribution in [1.82, 2.24) is 45.4 Å². The Morgan fingerprint density at radius 2 is 1.33 bits per heavy atom. The molecule has 7 rings (SSSR count). The molecule has 2 aliphatic heterocycles. The van der Waals surface area contributed by atoms with Crippen LogP contribution in [0.5, 0.6) is 0 Å². The molecule has 0 radical (unpaired) electrons. The second-order valence-electron chi connectivity index (χ2n) is 16.6. The smallest absolute Gasteiger partial charge is 0.341 e. The first kappa shape index (κ1) is 45.7. The molecule has 15 nitrogen and oxygen atoms in total. The van der Waals surface area contributed by atoms with Gasteiger partial charge in [0.15, 0.2) is 5.78 Å². The number of methoxy groups -OCH3 is 2. The van der Waals surface area contributed by atoms with Crippen LogP contribution in [-0.4, -0.2) is 83.1 Å². The minimum absolute atomic E-state index is 0.0286. The maximum Gasteiger partial charge on any atom is 0.341 e. The molecule has 0 spiro atoms. The second kappa shape index (κ2) is 18.9. The van der Waals surface area contributed by atoms with E-state index in [-0.39, 0.29) is 51.7 Å². The molecule has 0 fully saturated rings. The Balaban J connectivity index is 0.000000192. The third-order valence-corrected chi connectivity index (χ3v) is 10.5. The molecule has 61 heavy (non-hydrogen) atoms. The van der Waals surface area contributed by atoms with E-state index >= 15 is 0 Å². The summed E-state index contributed by atoms with van der Waals surface area (Å²) in [6.45, 7) is 15.6. The summed E-state index contributed by atoms with van der Waals surface area (Å²) in [6, 6.07) is 11.7. The van der Waals surface area contributed by atoms with Crippen molar-refractivity contribution in [3.05, 3.63) is 93.9 Å². The maximum absolute atomic E-state index is 13.7. The van der Waals surface area contributed by atoms with Crippen LogP contribution < -0.4 is 0 Å². The van der Waals surface area contributed by atoms with Crippen LogP contribution in [0.3, 0.4) is 0 Å². The summed E-state index contributed by atoms with van der Waals surface area (Å²) in [4.78, 5) is 52.7. The Hall–Kier alpha value is -6.39. The maximum atomic E-state index is 13.7. The number of rotatable bonds is 7. The minimum atomic E-state index is -0.682. The van der Waals surface area contributed by atoms with E-state index in [1.165, 1.54) is 56.7 Å². The molecule has 0 saturated carbocycles. The number of ether oxygens (including phenoxy) is 2. The number of halogens is 2. The molecule has 0 saturated heterocycles. The number of pyridine rings is 1. The van der Waals surface area contributed by atoms with E-state index in [4.69, 9.17) is 9.72 Å². The summed E-state index contributed by atoms with van der Waals surface area (Å²) >= 11 is 0. The van der Waals surface area contributed by atoms with E-state index in [0.717, 1.165) is 30.4 Å². The van der Waals surface area contributed by atoms with E-state index in [1.54, 1.807) is 35.3 Å². The van der Waals surface area contributed by atoms with Crippen molar-refractivity contribution >= 4 is 29.6 Å². The molecule has 0 amide bonds. The second-order valence-corrected chi connectivity index (χ2v) is 16.6. The summed E-state index contributed by atoms with van der Waals surface area (Å²) in [5.41, 5.74) is 4.07. The third kappa shape index (κ3) is 10.2. The molecule has 17 heteroatoms. The van der Waals surface area contributed by atoms with Crippen LogP contribution in [0.1, 0.15) is 125 Å². The Bertz CT molecular complexity index is 2440. The lowest BCUT2D eigenvalue weighted by Crippen LogP contribution is -2.28. The predicted octanol–water partition coefficient (Wildman–Crippen LogP) is 7.51. The molecule has 0 unspecified atom stereocenters. The van der Waals surface area contributed by atoms with Crippen LogP contribution in [0.15, 0.2) is 54.1 Å². The predicted molar refractivity (Wildman–Crippen MR) is 221 cm³/mol. The fourth-order valence-electron chi connectivity index (χ4n) is 7.06. The number of fused-ring (bicyclic) bond motifs is 4. The zero-order chi connectivity index (χ0) is 44.8. The van der Waals surface area contributed by atoms with Gasteiger partial charge in [-0.25, -0.2) is 32.7 Å². The van der Waals surface area contributed by atoms with Crippen LogP contribution in [0.2, 0.25) is 0 Å². The van der Waals surface area contributed by atoms with Gasteiger partial charge in [0.1, 0.15) is 22.9 Å². The van der Waals surface area contributed by atoms with Crippen LogP contribution in [0.4, 0.5) is 8.78 Å². The molecule has 3 aromatic heterocycles. The molecule has 0 N–H and O–H groups in total. The van der Waals surface area contributed by atoms with Crippen molar-refractivity contribution in [1.29, 1.82) is 0 Å². The van der Waals surface area contributed by atoms with E-state index in [2.05, 4.69) is 49.6 Å². The monoisotopic (exact) mass is 839 g/mol. The van der Waals surface area contributed by atoms with Gasteiger partial charge in [0, 0.05) is 17.9 Å². The highest BCUT2D eigenvalue weighted by Crippen LogP contribution is 2.42. The molecular formula is C44H51F2N9O6. The molecule has 0 aliphatic carbocycles. The lowest BCUT2D eigenvalue weighted by atomic mass is 9.86. The van der Waals surface area contributed by atoms with Crippen LogP contribution in [0.25, 0.3) is 28.7 Å². The number of benzene rings is 2. The Morgan fingerprint density at radius 1 is 0.770 bits per heavy atom. The number of tetrazole rings is 2. The zero-order valence-corrected chi connectivity index (χ0v) is 36.1. The third-order valence-electron chi connectivity index (χ3n) is 10.5. The van der Waals surface area contributed by atoms with Gasteiger partial charge in [-0.15, -0.1) is 10.2 Å². The fourth-order valence-corrected chi connectivity index (χ4v) is 7.06. The standard InChI is InChI=1S/C22H24FN5O2.C14H15FO3.C8H12N4O/c1-12(2)18-17(21(29)30-5)16(13-6-8-14(23)9-7-13)15-10-11-22(3,4)28-20(19(15)24-18)25-26-27-28;1-9(2)13(16)12(14(17)18-3)8-10-4-6-11(15)7-5-10;1-8(2)5-3-4-6(13)7-9-10-11-12(7)8/h6-9,12H,10-11H2,1-5H3;4-9H,1-3H3;3-5H2,1-2H3. The quantitative estimate of drug-likeness (QED) is 0.0679. The average Bonchev–Trinajstić information content (AvgIpc) is 3.91. The van der Waals surface area contributed by atoms with E-state index < -0.39 is 11.9 Å². The van der Waals surface area contributed by atoms with Crippen molar-refractivity contribution in [3.63, 3.8) is 0 Å². The number of hydrogen-bond acceptors (Lipinski definition) is 13. The van der Waals surface area contributed by atoms with Gasteiger partial charge in [0.2, 0.25) is 17.4 Å². The molecule has 2 aliphatic rings. The van der Waals surface area contributed by atoms with Crippen LogP contribution >= 0.6 is 0 Å². The number of Topliss-reactive ketones (excluding diaryl/α,β-unsaturated/α-hetero) is 2. The summed E-state index contributed by atoms with van der Waals surface area (Å²) in [5, 5.41) is 23.5. The van der Waals surface area contributed by atoms with Crippen molar-refractivity contribution < 1.29 is 37.4 Å². The van der Waals surface area contributed by atoms with Gasteiger partial charge in [-0.1, -0.05) is 52.0 Å². The molecule has 0 bridgehead atoms. The van der Waals surface area contributed by atoms with Gasteiger partial charge in [-0.05, 0) is 127 Å². The highest BCUT2D eigenvalue weighted by molar-refractivity contribution is 6.21. The topological polar surface area (TPSA) is 187 Å². The van der Waals surface area contributed by atoms with Crippen molar-refractivity contribution in [2.24, 2.45) is 5.92 Å². The Morgan fingerprint density at radius 3 is 1.89 bits per heavy atom. The largest absolute Gasteiger partial charge is 0.465 e. The van der Waals surface area contributed by atoms with Gasteiger partial charge < -0.3 is 9.47 Å². The highest BCUT2D eigenvalue weighted by Gasteiger charge is 2.36. The van der Waals surface area contributed by atoms with E-state index in [0.29, 0.717) is 52.6 Å². The van der Waals surface area contributed by atoms with Gasteiger partial charge in [0.05, 0.1) is 36.6 Å². The summed E-state index contributed by atoms with van der Waals surface area (Å²) in [6.07, 6.45) is 5.20. The molecule has 322 valence electrons. The van der Waals surface area contributed by atoms with Gasteiger partial charge in [-0.2, -0.15) is 0 Å². The number of aromatic nitrogens is 9. The molecule has 2 aromatic carbocycles. The average molecular weight is 840 g/mol. The van der Waals surface area contributed by atoms with Crippen molar-refractivity contribution in [3.8, 4) is 22.6 Å².